The lowest BCUT2D eigenvalue weighted by Crippen LogP contribution is -2.21. The Kier molecular flexibility index (Phi) is 4.47. The first-order valence-electron chi connectivity index (χ1n) is 6.13. The summed E-state index contributed by atoms with van der Waals surface area (Å²) < 4.78 is 0. The lowest BCUT2D eigenvalue weighted by atomic mass is 10.2. The Labute approximate surface area is 112 Å². The average Bonchev–Trinajstić information content (AvgIpc) is 2.92. The molecule has 0 saturated carbocycles. The molecule has 0 bridgehead atoms. The van der Waals surface area contributed by atoms with Crippen molar-refractivity contribution >= 4 is 27.7 Å². The fourth-order valence-corrected chi connectivity index (χ4v) is 2.29. The molecule has 1 aromatic carbocycles. The molecular weight excluding hydrogens is 242 g/mol. The van der Waals surface area contributed by atoms with Gasteiger partial charge in [0.15, 0.2) is 0 Å². The number of benzene rings is 1. The van der Waals surface area contributed by atoms with Gasteiger partial charge < -0.3 is 4.90 Å². The Morgan fingerprint density at radius 1 is 1.00 bits per heavy atom. The predicted molar refractivity (Wildman–Crippen MR) is 78.5 cm³/mol. The summed E-state index contributed by atoms with van der Waals surface area (Å²) in [4.78, 5) is 2.31. The van der Waals surface area contributed by atoms with Crippen LogP contribution < -0.4 is 4.90 Å². The number of nitrogens with zero attached hydrogens (tertiary/aromatic N) is 3. The van der Waals surface area contributed by atoms with Crippen molar-refractivity contribution in [3.63, 3.8) is 0 Å². The maximum atomic E-state index is 4.22. The minimum Gasteiger partial charge on any atom is -0.372 e. The molecule has 1 aromatic heterocycles. The van der Waals surface area contributed by atoms with Crippen LogP contribution >= 0.6 is 11.3 Å². The van der Waals surface area contributed by atoms with Crippen LogP contribution in [0.2, 0.25) is 0 Å². The number of hydrogen-bond acceptors (Lipinski definition) is 4. The minimum atomic E-state index is 0.888. The summed E-state index contributed by atoms with van der Waals surface area (Å²) in [5.74, 6) is 0. The van der Waals surface area contributed by atoms with Gasteiger partial charge >= 0.3 is 0 Å². The van der Waals surface area contributed by atoms with Crippen molar-refractivity contribution < 1.29 is 0 Å². The van der Waals surface area contributed by atoms with Crippen LogP contribution in [-0.4, -0.2) is 13.1 Å². The predicted octanol–water partition coefficient (Wildman–Crippen LogP) is 5.01. The zero-order chi connectivity index (χ0) is 12.8. The zero-order valence-corrected chi connectivity index (χ0v) is 11.5. The van der Waals surface area contributed by atoms with Gasteiger partial charge in [0.05, 0.1) is 5.69 Å². The van der Waals surface area contributed by atoms with E-state index in [-0.39, 0.29) is 0 Å². The van der Waals surface area contributed by atoms with E-state index in [1.165, 1.54) is 5.69 Å². The molecule has 0 amide bonds. The van der Waals surface area contributed by atoms with E-state index in [0.29, 0.717) is 0 Å². The third-order valence-electron chi connectivity index (χ3n) is 2.75. The fourth-order valence-electron chi connectivity index (χ4n) is 1.75. The van der Waals surface area contributed by atoms with Gasteiger partial charge in [-0.25, -0.2) is 0 Å². The Morgan fingerprint density at radius 2 is 1.72 bits per heavy atom. The SMILES string of the molecule is CCN(CC)c1ccc(N=Nc2cccs2)cc1. The van der Waals surface area contributed by atoms with Crippen LogP contribution in [0.25, 0.3) is 0 Å². The van der Waals surface area contributed by atoms with Crippen LogP contribution in [0, 0.1) is 0 Å². The summed E-state index contributed by atoms with van der Waals surface area (Å²) in [6.07, 6.45) is 0. The molecule has 0 N–H and O–H groups in total. The van der Waals surface area contributed by atoms with Crippen LogP contribution in [0.1, 0.15) is 13.8 Å². The Bertz CT molecular complexity index is 484. The summed E-state index contributed by atoms with van der Waals surface area (Å²) in [5, 5.41) is 11.3. The monoisotopic (exact) mass is 259 g/mol. The van der Waals surface area contributed by atoms with Gasteiger partial charge in [-0.2, -0.15) is 0 Å². The second kappa shape index (κ2) is 6.31. The highest BCUT2D eigenvalue weighted by Gasteiger charge is 2.00. The van der Waals surface area contributed by atoms with Crippen molar-refractivity contribution in [2.75, 3.05) is 18.0 Å². The van der Waals surface area contributed by atoms with Crippen molar-refractivity contribution in [2.24, 2.45) is 10.2 Å². The molecule has 94 valence electrons. The van der Waals surface area contributed by atoms with E-state index in [1.807, 2.05) is 29.6 Å². The van der Waals surface area contributed by atoms with E-state index in [2.05, 4.69) is 41.1 Å². The van der Waals surface area contributed by atoms with Gasteiger partial charge in [0.25, 0.3) is 0 Å². The summed E-state index contributed by atoms with van der Waals surface area (Å²) in [6.45, 7) is 6.36. The topological polar surface area (TPSA) is 28.0 Å². The van der Waals surface area contributed by atoms with E-state index >= 15 is 0 Å². The third kappa shape index (κ3) is 3.17. The van der Waals surface area contributed by atoms with E-state index in [0.717, 1.165) is 23.8 Å². The minimum absolute atomic E-state index is 0.888. The molecular formula is C14H17N3S. The molecule has 0 atom stereocenters. The number of azo groups is 1. The molecule has 0 aliphatic heterocycles. The van der Waals surface area contributed by atoms with Crippen LogP contribution in [-0.2, 0) is 0 Å². The van der Waals surface area contributed by atoms with Crippen molar-refractivity contribution in [1.82, 2.24) is 0 Å². The summed E-state index contributed by atoms with van der Waals surface area (Å²) in [7, 11) is 0. The number of hydrogen-bond donors (Lipinski definition) is 0. The summed E-state index contributed by atoms with van der Waals surface area (Å²) >= 11 is 1.59. The summed E-state index contributed by atoms with van der Waals surface area (Å²) in [6, 6.07) is 12.1. The number of rotatable bonds is 5. The third-order valence-corrected chi connectivity index (χ3v) is 3.50. The molecule has 0 aliphatic rings. The Balaban J connectivity index is 2.08. The van der Waals surface area contributed by atoms with Gasteiger partial charge in [-0.05, 0) is 55.6 Å². The van der Waals surface area contributed by atoms with Gasteiger partial charge in [-0.15, -0.1) is 21.6 Å². The molecule has 3 nitrogen and oxygen atoms in total. The smallest absolute Gasteiger partial charge is 0.138 e. The molecule has 0 fully saturated rings. The zero-order valence-electron chi connectivity index (χ0n) is 10.7. The van der Waals surface area contributed by atoms with Gasteiger partial charge in [-0.3, -0.25) is 0 Å². The Morgan fingerprint density at radius 3 is 2.28 bits per heavy atom. The van der Waals surface area contributed by atoms with E-state index in [1.54, 1.807) is 11.3 Å². The lowest BCUT2D eigenvalue weighted by molar-refractivity contribution is 0.866. The Hall–Kier alpha value is -1.68. The highest BCUT2D eigenvalue weighted by atomic mass is 32.1. The first kappa shape index (κ1) is 12.8. The first-order chi connectivity index (χ1) is 8.83. The van der Waals surface area contributed by atoms with Gasteiger partial charge in [0.2, 0.25) is 0 Å². The molecule has 0 unspecified atom stereocenters. The largest absolute Gasteiger partial charge is 0.372 e. The standard InChI is InChI=1S/C14H17N3S/c1-3-17(4-2)13-9-7-12(8-10-13)15-16-14-6-5-11-18-14/h5-11H,3-4H2,1-2H3. The van der Waals surface area contributed by atoms with E-state index < -0.39 is 0 Å². The van der Waals surface area contributed by atoms with Crippen LogP contribution in [0.15, 0.2) is 52.0 Å². The van der Waals surface area contributed by atoms with Crippen molar-refractivity contribution in [1.29, 1.82) is 0 Å². The fraction of sp³-hybridized carbons (Fsp3) is 0.286. The normalized spacial score (nSPS) is 11.0. The van der Waals surface area contributed by atoms with E-state index in [9.17, 15) is 0 Å². The van der Waals surface area contributed by atoms with E-state index in [4.69, 9.17) is 0 Å². The number of anilines is 1. The quantitative estimate of drug-likeness (QED) is 0.694. The molecule has 2 aromatic rings. The molecule has 0 spiro atoms. The highest BCUT2D eigenvalue weighted by Crippen LogP contribution is 2.24. The number of thiophene rings is 1. The molecule has 0 aliphatic carbocycles. The van der Waals surface area contributed by atoms with Gasteiger partial charge in [-0.1, -0.05) is 0 Å². The molecule has 0 radical (unpaired) electrons. The second-order valence-electron chi connectivity index (χ2n) is 3.84. The summed E-state index contributed by atoms with van der Waals surface area (Å²) in [5.41, 5.74) is 2.12. The van der Waals surface area contributed by atoms with Crippen LogP contribution in [0.4, 0.5) is 16.4 Å². The molecule has 2 rings (SSSR count). The second-order valence-corrected chi connectivity index (χ2v) is 4.77. The molecule has 18 heavy (non-hydrogen) atoms. The van der Waals surface area contributed by atoms with Gasteiger partial charge in [0.1, 0.15) is 5.00 Å². The average molecular weight is 259 g/mol. The highest BCUT2D eigenvalue weighted by molar-refractivity contribution is 7.13. The van der Waals surface area contributed by atoms with Crippen LogP contribution in [0.3, 0.4) is 0 Å². The van der Waals surface area contributed by atoms with Crippen molar-refractivity contribution in [3.8, 4) is 0 Å². The molecule has 0 saturated heterocycles. The van der Waals surface area contributed by atoms with Crippen molar-refractivity contribution in [3.05, 3.63) is 41.8 Å². The maximum absolute atomic E-state index is 4.22. The molecule has 4 heteroatoms. The van der Waals surface area contributed by atoms with Crippen LogP contribution in [0.5, 0.6) is 0 Å². The molecule has 1 heterocycles. The lowest BCUT2D eigenvalue weighted by Gasteiger charge is -2.20. The first-order valence-corrected chi connectivity index (χ1v) is 7.01. The maximum Gasteiger partial charge on any atom is 0.138 e. The van der Waals surface area contributed by atoms with Crippen molar-refractivity contribution in [2.45, 2.75) is 13.8 Å². The van der Waals surface area contributed by atoms with Gasteiger partial charge in [0, 0.05) is 18.8 Å².